The molecular weight excluding hydrogens is 282 g/mol. The lowest BCUT2D eigenvalue weighted by Gasteiger charge is -2.03. The lowest BCUT2D eigenvalue weighted by atomic mass is 10.3. The second-order valence-electron chi connectivity index (χ2n) is 4.07. The van der Waals surface area contributed by atoms with Crippen LogP contribution in [-0.2, 0) is 6.54 Å². The van der Waals surface area contributed by atoms with Crippen molar-refractivity contribution >= 4 is 34.6 Å². The number of methoxy groups -OCH3 is 1. The van der Waals surface area contributed by atoms with Crippen molar-refractivity contribution in [1.82, 2.24) is 14.5 Å². The fourth-order valence-corrected chi connectivity index (χ4v) is 2.83. The van der Waals surface area contributed by atoms with E-state index in [-0.39, 0.29) is 4.87 Å². The first-order valence-electron chi connectivity index (χ1n) is 5.60. The first-order chi connectivity index (χ1) is 9.17. The van der Waals surface area contributed by atoms with Crippen LogP contribution in [0.1, 0.15) is 5.69 Å². The minimum Gasteiger partial charge on any atom is -0.497 e. The SMILES string of the molecule is COc1ccc2c(c1)[nH]c(=S)n2Cc1csc(=O)[nH]1. The van der Waals surface area contributed by atoms with Crippen molar-refractivity contribution < 1.29 is 4.74 Å². The van der Waals surface area contributed by atoms with Gasteiger partial charge in [0, 0.05) is 17.1 Å². The summed E-state index contributed by atoms with van der Waals surface area (Å²) in [6, 6.07) is 5.74. The molecule has 2 heterocycles. The Morgan fingerprint density at radius 3 is 2.95 bits per heavy atom. The summed E-state index contributed by atoms with van der Waals surface area (Å²) in [6.45, 7) is 0.546. The maximum Gasteiger partial charge on any atom is 0.304 e. The van der Waals surface area contributed by atoms with Crippen LogP contribution in [0.25, 0.3) is 11.0 Å². The fourth-order valence-electron chi connectivity index (χ4n) is 1.99. The van der Waals surface area contributed by atoms with E-state index in [1.807, 2.05) is 28.1 Å². The van der Waals surface area contributed by atoms with Crippen molar-refractivity contribution in [1.29, 1.82) is 0 Å². The quantitative estimate of drug-likeness (QED) is 0.729. The molecule has 0 atom stereocenters. The number of aromatic amines is 2. The first kappa shape index (κ1) is 12.2. The van der Waals surface area contributed by atoms with Gasteiger partial charge >= 0.3 is 4.87 Å². The van der Waals surface area contributed by atoms with Gasteiger partial charge in [-0.25, -0.2) is 0 Å². The normalized spacial score (nSPS) is 11.0. The van der Waals surface area contributed by atoms with Gasteiger partial charge in [-0.15, -0.1) is 0 Å². The van der Waals surface area contributed by atoms with Gasteiger partial charge in [-0.1, -0.05) is 11.3 Å². The molecule has 0 aliphatic heterocycles. The van der Waals surface area contributed by atoms with Crippen molar-refractivity contribution in [2.75, 3.05) is 7.11 Å². The van der Waals surface area contributed by atoms with Crippen LogP contribution in [-0.4, -0.2) is 21.6 Å². The second kappa shape index (κ2) is 4.67. The smallest absolute Gasteiger partial charge is 0.304 e. The van der Waals surface area contributed by atoms with Crippen LogP contribution in [0.15, 0.2) is 28.4 Å². The third-order valence-electron chi connectivity index (χ3n) is 2.88. The topological polar surface area (TPSA) is 62.8 Å². The maximum atomic E-state index is 11.2. The van der Waals surface area contributed by atoms with Crippen molar-refractivity contribution in [3.63, 3.8) is 0 Å². The van der Waals surface area contributed by atoms with E-state index in [1.165, 1.54) is 0 Å². The third kappa shape index (κ3) is 2.22. The zero-order valence-electron chi connectivity index (χ0n) is 10.1. The van der Waals surface area contributed by atoms with Crippen molar-refractivity contribution in [3.05, 3.63) is 43.7 Å². The first-order valence-corrected chi connectivity index (χ1v) is 6.89. The molecule has 1 aromatic carbocycles. The van der Waals surface area contributed by atoms with Gasteiger partial charge in [-0.05, 0) is 24.4 Å². The number of rotatable bonds is 3. The number of ether oxygens (including phenoxy) is 1. The highest BCUT2D eigenvalue weighted by Gasteiger charge is 2.07. The second-order valence-corrected chi connectivity index (χ2v) is 5.30. The molecule has 3 aromatic rings. The van der Waals surface area contributed by atoms with Gasteiger partial charge in [0.15, 0.2) is 4.77 Å². The number of H-pyrrole nitrogens is 2. The molecule has 0 amide bonds. The van der Waals surface area contributed by atoms with Crippen molar-refractivity contribution in [3.8, 4) is 5.75 Å². The molecule has 5 nitrogen and oxygen atoms in total. The molecular formula is C12H11N3O2S2. The summed E-state index contributed by atoms with van der Waals surface area (Å²) in [5.41, 5.74) is 2.75. The van der Waals surface area contributed by atoms with E-state index in [2.05, 4.69) is 9.97 Å². The zero-order chi connectivity index (χ0) is 13.4. The number of aromatic nitrogens is 3. The lowest BCUT2D eigenvalue weighted by Crippen LogP contribution is -2.02. The van der Waals surface area contributed by atoms with Crippen LogP contribution >= 0.6 is 23.6 Å². The number of fused-ring (bicyclic) bond motifs is 1. The molecule has 7 heteroatoms. The Morgan fingerprint density at radius 2 is 2.26 bits per heavy atom. The van der Waals surface area contributed by atoms with Gasteiger partial charge in [0.1, 0.15) is 5.75 Å². The lowest BCUT2D eigenvalue weighted by molar-refractivity contribution is 0.415. The highest BCUT2D eigenvalue weighted by Crippen LogP contribution is 2.21. The largest absolute Gasteiger partial charge is 0.497 e. The molecule has 0 saturated carbocycles. The number of nitrogens with zero attached hydrogens (tertiary/aromatic N) is 1. The molecule has 3 rings (SSSR count). The Bertz CT molecular complexity index is 840. The molecule has 0 aliphatic rings. The molecule has 0 unspecified atom stereocenters. The van der Waals surface area contributed by atoms with Gasteiger partial charge in [0.05, 0.1) is 24.7 Å². The van der Waals surface area contributed by atoms with E-state index in [9.17, 15) is 4.79 Å². The molecule has 0 bridgehead atoms. The van der Waals surface area contributed by atoms with Crippen molar-refractivity contribution in [2.45, 2.75) is 6.54 Å². The summed E-state index contributed by atoms with van der Waals surface area (Å²) >= 11 is 6.47. The Kier molecular flexibility index (Phi) is 3.00. The molecule has 2 aromatic heterocycles. The number of thiazole rings is 1. The standard InChI is InChI=1S/C12H11N3O2S2/c1-17-8-2-3-10-9(4-8)14-11(18)15(10)5-7-6-19-12(16)13-7/h2-4,6H,5H2,1H3,(H,13,16)(H,14,18). The molecule has 0 spiro atoms. The number of nitrogens with one attached hydrogen (secondary N) is 2. The van der Waals surface area contributed by atoms with E-state index in [4.69, 9.17) is 17.0 Å². The predicted octanol–water partition coefficient (Wildman–Crippen LogP) is 2.51. The van der Waals surface area contributed by atoms with E-state index in [0.717, 1.165) is 33.8 Å². The molecule has 0 radical (unpaired) electrons. The molecule has 2 N–H and O–H groups in total. The van der Waals surface area contributed by atoms with E-state index in [1.54, 1.807) is 7.11 Å². The Morgan fingerprint density at radius 1 is 1.42 bits per heavy atom. The predicted molar refractivity (Wildman–Crippen MR) is 77.7 cm³/mol. The summed E-state index contributed by atoms with van der Waals surface area (Å²) in [4.78, 5) is 17.0. The van der Waals surface area contributed by atoms with E-state index >= 15 is 0 Å². The van der Waals surface area contributed by atoms with Crippen LogP contribution in [0, 0.1) is 4.77 Å². The maximum absolute atomic E-state index is 11.2. The van der Waals surface area contributed by atoms with Crippen LogP contribution in [0.2, 0.25) is 0 Å². The molecule has 0 fully saturated rings. The zero-order valence-corrected chi connectivity index (χ0v) is 11.7. The Labute approximate surface area is 117 Å². The molecule has 0 aliphatic carbocycles. The average Bonchev–Trinajstić information content (AvgIpc) is 2.94. The van der Waals surface area contributed by atoms with Crippen molar-refractivity contribution in [2.24, 2.45) is 0 Å². The van der Waals surface area contributed by atoms with Gasteiger partial charge in [-0.2, -0.15) is 0 Å². The van der Waals surface area contributed by atoms with E-state index in [0.29, 0.717) is 11.3 Å². The summed E-state index contributed by atoms with van der Waals surface area (Å²) < 4.78 is 7.75. The molecule has 19 heavy (non-hydrogen) atoms. The average molecular weight is 293 g/mol. The Balaban J connectivity index is 2.10. The highest BCUT2D eigenvalue weighted by atomic mass is 32.1. The minimum atomic E-state index is -0.0528. The van der Waals surface area contributed by atoms with Gasteiger partial charge in [0.2, 0.25) is 0 Å². The van der Waals surface area contributed by atoms with Crippen LogP contribution in [0.4, 0.5) is 0 Å². The Hall–Kier alpha value is -1.86. The summed E-state index contributed by atoms with van der Waals surface area (Å²) in [5, 5.41) is 1.81. The number of hydrogen-bond donors (Lipinski definition) is 2. The highest BCUT2D eigenvalue weighted by molar-refractivity contribution is 7.71. The number of imidazole rings is 1. The molecule has 0 saturated heterocycles. The number of benzene rings is 1. The van der Waals surface area contributed by atoms with Crippen LogP contribution in [0.3, 0.4) is 0 Å². The summed E-state index contributed by atoms with van der Waals surface area (Å²) in [6.07, 6.45) is 0. The number of hydrogen-bond acceptors (Lipinski definition) is 4. The summed E-state index contributed by atoms with van der Waals surface area (Å²) in [7, 11) is 1.63. The van der Waals surface area contributed by atoms with Gasteiger partial charge in [0.25, 0.3) is 0 Å². The monoisotopic (exact) mass is 293 g/mol. The summed E-state index contributed by atoms with van der Waals surface area (Å²) in [5.74, 6) is 0.778. The van der Waals surface area contributed by atoms with Crippen LogP contribution in [0.5, 0.6) is 5.75 Å². The molecule has 98 valence electrons. The minimum absolute atomic E-state index is 0.0528. The van der Waals surface area contributed by atoms with E-state index < -0.39 is 0 Å². The van der Waals surface area contributed by atoms with Gasteiger partial charge in [-0.3, -0.25) is 4.79 Å². The van der Waals surface area contributed by atoms with Crippen LogP contribution < -0.4 is 9.61 Å². The third-order valence-corrected chi connectivity index (χ3v) is 3.92. The fraction of sp³-hybridized carbons (Fsp3) is 0.167. The van der Waals surface area contributed by atoms with Gasteiger partial charge < -0.3 is 19.3 Å².